The lowest BCUT2D eigenvalue weighted by atomic mass is 9.88. The van der Waals surface area contributed by atoms with Crippen LogP contribution in [-0.4, -0.2) is 45.6 Å². The van der Waals surface area contributed by atoms with Crippen molar-refractivity contribution < 1.29 is 28.4 Å². The number of nitrogens with zero attached hydrogens (tertiary/aromatic N) is 2. The molecule has 8 heteroatoms. The summed E-state index contributed by atoms with van der Waals surface area (Å²) in [5.74, 6) is -2.15. The summed E-state index contributed by atoms with van der Waals surface area (Å²) in [5.41, 5.74) is 3.04. The molecule has 5 aliphatic rings. The predicted molar refractivity (Wildman–Crippen MR) is 99.4 cm³/mol. The van der Waals surface area contributed by atoms with Crippen LogP contribution in [0.5, 0.6) is 0 Å². The molecule has 0 amide bonds. The Kier molecular flexibility index (Phi) is 3.44. The molecule has 3 aliphatic heterocycles. The molecule has 6 atom stereocenters. The van der Waals surface area contributed by atoms with Crippen LogP contribution in [0.15, 0.2) is 6.08 Å². The maximum absolute atomic E-state index is 6.25. The van der Waals surface area contributed by atoms with Crippen molar-refractivity contribution in [1.82, 2.24) is 9.97 Å². The van der Waals surface area contributed by atoms with Crippen LogP contribution in [0.4, 0.5) is 0 Å². The SMILES string of the molecule is CC1(C)O[C@H]2[C@@H]3OC(C)(C)O[C@@H]3c3nc4c(nc3[C@H]2O1)C=C[C@@H]1OC(C)(C)O[C@H]41. The molecular formula is C21H26N2O6. The Labute approximate surface area is 169 Å². The molecule has 0 unspecified atom stereocenters. The molecule has 0 spiro atoms. The fraction of sp³-hybridized carbons (Fsp3) is 0.714. The van der Waals surface area contributed by atoms with Crippen LogP contribution in [0.3, 0.4) is 0 Å². The largest absolute Gasteiger partial charge is 0.341 e. The lowest BCUT2D eigenvalue weighted by molar-refractivity contribution is -0.175. The number of rotatable bonds is 0. The summed E-state index contributed by atoms with van der Waals surface area (Å²) < 4.78 is 37.0. The zero-order valence-corrected chi connectivity index (χ0v) is 17.5. The third-order valence-corrected chi connectivity index (χ3v) is 5.97. The van der Waals surface area contributed by atoms with Crippen LogP contribution in [0.1, 0.15) is 82.6 Å². The van der Waals surface area contributed by atoms with Gasteiger partial charge in [-0.25, -0.2) is 9.97 Å². The van der Waals surface area contributed by atoms with Gasteiger partial charge in [-0.05, 0) is 47.6 Å². The number of ether oxygens (including phenoxy) is 6. The summed E-state index contributed by atoms with van der Waals surface area (Å²) >= 11 is 0. The molecule has 2 aliphatic carbocycles. The maximum Gasteiger partial charge on any atom is 0.164 e. The molecule has 0 saturated carbocycles. The number of fused-ring (bicyclic) bond motifs is 9. The first-order valence-corrected chi connectivity index (χ1v) is 10.2. The summed E-state index contributed by atoms with van der Waals surface area (Å²) in [6.45, 7) is 11.4. The Morgan fingerprint density at radius 2 is 1.14 bits per heavy atom. The second-order valence-corrected chi connectivity index (χ2v) is 9.69. The van der Waals surface area contributed by atoms with Crippen molar-refractivity contribution in [2.24, 2.45) is 0 Å². The summed E-state index contributed by atoms with van der Waals surface area (Å²) in [5, 5.41) is 0. The van der Waals surface area contributed by atoms with E-state index in [2.05, 4.69) is 0 Å². The van der Waals surface area contributed by atoms with Crippen LogP contribution >= 0.6 is 0 Å². The molecule has 0 radical (unpaired) electrons. The molecule has 1 aromatic rings. The van der Waals surface area contributed by atoms with Crippen LogP contribution in [0.2, 0.25) is 0 Å². The smallest absolute Gasteiger partial charge is 0.164 e. The Morgan fingerprint density at radius 3 is 1.76 bits per heavy atom. The van der Waals surface area contributed by atoms with Gasteiger partial charge in [0.2, 0.25) is 0 Å². The van der Waals surface area contributed by atoms with E-state index in [1.807, 2.05) is 53.7 Å². The van der Waals surface area contributed by atoms with Gasteiger partial charge >= 0.3 is 0 Å². The normalized spacial score (nSPS) is 42.0. The first-order chi connectivity index (χ1) is 13.5. The van der Waals surface area contributed by atoms with E-state index in [9.17, 15) is 0 Å². The quantitative estimate of drug-likeness (QED) is 0.655. The van der Waals surface area contributed by atoms with Gasteiger partial charge < -0.3 is 28.4 Å². The van der Waals surface area contributed by atoms with Gasteiger partial charge in [0.25, 0.3) is 0 Å². The number of hydrogen-bond acceptors (Lipinski definition) is 8. The highest BCUT2D eigenvalue weighted by atomic mass is 16.8. The minimum Gasteiger partial charge on any atom is -0.341 e. The molecule has 0 aromatic carbocycles. The Hall–Kier alpha value is -1.42. The zero-order chi connectivity index (χ0) is 20.3. The first-order valence-electron chi connectivity index (χ1n) is 10.2. The van der Waals surface area contributed by atoms with E-state index >= 15 is 0 Å². The molecule has 6 rings (SSSR count). The van der Waals surface area contributed by atoms with E-state index in [4.69, 9.17) is 38.4 Å². The fourth-order valence-electron chi connectivity index (χ4n) is 5.05. The minimum absolute atomic E-state index is 0.181. The average Bonchev–Trinajstić information content (AvgIpc) is 3.21. The van der Waals surface area contributed by atoms with Crippen molar-refractivity contribution in [3.63, 3.8) is 0 Å². The van der Waals surface area contributed by atoms with Crippen LogP contribution < -0.4 is 0 Å². The fourth-order valence-corrected chi connectivity index (χ4v) is 5.05. The van der Waals surface area contributed by atoms with E-state index < -0.39 is 17.4 Å². The van der Waals surface area contributed by atoms with E-state index in [0.29, 0.717) is 0 Å². The number of hydrogen-bond donors (Lipinski definition) is 0. The molecule has 3 fully saturated rings. The molecule has 1 aromatic heterocycles. The van der Waals surface area contributed by atoms with Gasteiger partial charge in [-0.3, -0.25) is 0 Å². The topological polar surface area (TPSA) is 81.2 Å². The average molecular weight is 402 g/mol. The second-order valence-electron chi connectivity index (χ2n) is 9.69. The molecule has 29 heavy (non-hydrogen) atoms. The summed E-state index contributed by atoms with van der Waals surface area (Å²) in [6, 6.07) is 0. The molecule has 0 bridgehead atoms. The highest BCUT2D eigenvalue weighted by Gasteiger charge is 2.60. The lowest BCUT2D eigenvalue weighted by Crippen LogP contribution is -2.41. The van der Waals surface area contributed by atoms with Gasteiger partial charge in [0.1, 0.15) is 36.6 Å². The van der Waals surface area contributed by atoms with E-state index in [-0.39, 0.29) is 36.6 Å². The van der Waals surface area contributed by atoms with Gasteiger partial charge in [-0.2, -0.15) is 0 Å². The lowest BCUT2D eigenvalue weighted by Gasteiger charge is -2.33. The van der Waals surface area contributed by atoms with Gasteiger partial charge in [0, 0.05) is 0 Å². The molecule has 156 valence electrons. The highest BCUT2D eigenvalue weighted by Crippen LogP contribution is 2.54. The van der Waals surface area contributed by atoms with Gasteiger partial charge in [-0.1, -0.05) is 6.08 Å². The van der Waals surface area contributed by atoms with Gasteiger partial charge in [-0.15, -0.1) is 0 Å². The van der Waals surface area contributed by atoms with Crippen molar-refractivity contribution in [3.05, 3.63) is 28.9 Å². The molecule has 8 nitrogen and oxygen atoms in total. The molecule has 0 N–H and O–H groups in total. The van der Waals surface area contributed by atoms with Crippen molar-refractivity contribution in [3.8, 4) is 0 Å². The summed E-state index contributed by atoms with van der Waals surface area (Å²) in [4.78, 5) is 9.97. The standard InChI is InChI=1S/C21H26N2O6/c1-19(2)24-10-8-7-9-11(14(10)25-19)23-13-12(22-9)15-17(28-20(3,4)26-15)18-16(13)27-21(5,6)29-18/h7-8,10,14-18H,1-6H3/t10-,14-,15+,16+,17+,18+/m0/s1. The summed E-state index contributed by atoms with van der Waals surface area (Å²) in [7, 11) is 0. The van der Waals surface area contributed by atoms with Gasteiger partial charge in [0.15, 0.2) is 17.4 Å². The molecule has 4 heterocycles. The highest BCUT2D eigenvalue weighted by molar-refractivity contribution is 5.54. The van der Waals surface area contributed by atoms with E-state index in [1.54, 1.807) is 0 Å². The number of aromatic nitrogens is 2. The van der Waals surface area contributed by atoms with Crippen molar-refractivity contribution in [1.29, 1.82) is 0 Å². The molecular weight excluding hydrogens is 376 g/mol. The monoisotopic (exact) mass is 402 g/mol. The summed E-state index contributed by atoms with van der Waals surface area (Å²) in [6.07, 6.45) is 2.10. The second kappa shape index (κ2) is 5.43. The van der Waals surface area contributed by atoms with E-state index in [0.717, 1.165) is 22.8 Å². The Morgan fingerprint density at radius 1 is 0.621 bits per heavy atom. The molecule has 3 saturated heterocycles. The minimum atomic E-state index is -0.743. The maximum atomic E-state index is 6.25. The predicted octanol–water partition coefficient (Wildman–Crippen LogP) is 3.09. The van der Waals surface area contributed by atoms with Crippen LogP contribution in [0.25, 0.3) is 6.08 Å². The van der Waals surface area contributed by atoms with Crippen LogP contribution in [0, 0.1) is 0 Å². The third-order valence-electron chi connectivity index (χ3n) is 5.97. The Balaban J connectivity index is 1.50. The zero-order valence-electron chi connectivity index (χ0n) is 17.5. The third kappa shape index (κ3) is 2.67. The van der Waals surface area contributed by atoms with Crippen molar-refractivity contribution >= 4 is 6.08 Å². The van der Waals surface area contributed by atoms with E-state index in [1.165, 1.54) is 0 Å². The first kappa shape index (κ1) is 18.4. The van der Waals surface area contributed by atoms with Crippen molar-refractivity contribution in [2.45, 2.75) is 95.5 Å². The Bertz CT molecular complexity index is 926. The van der Waals surface area contributed by atoms with Gasteiger partial charge in [0.05, 0.1) is 22.8 Å². The van der Waals surface area contributed by atoms with Crippen molar-refractivity contribution in [2.75, 3.05) is 0 Å². The van der Waals surface area contributed by atoms with Crippen LogP contribution in [-0.2, 0) is 28.4 Å².